The van der Waals surface area contributed by atoms with Crippen molar-refractivity contribution in [3.8, 4) is 11.5 Å². The Morgan fingerprint density at radius 2 is 1.97 bits per heavy atom. The van der Waals surface area contributed by atoms with Gasteiger partial charge in [0.15, 0.2) is 11.0 Å². The van der Waals surface area contributed by atoms with Crippen LogP contribution >= 0.6 is 11.6 Å². The summed E-state index contributed by atoms with van der Waals surface area (Å²) in [5.41, 5.74) is 1.14. The Labute approximate surface area is 194 Å². The molecule has 174 valence electrons. The number of ether oxygens (including phenoxy) is 1. The summed E-state index contributed by atoms with van der Waals surface area (Å²) in [5.74, 6) is -1.16. The highest BCUT2D eigenvalue weighted by atomic mass is 35.5. The van der Waals surface area contributed by atoms with Crippen LogP contribution in [-0.4, -0.2) is 63.8 Å². The summed E-state index contributed by atoms with van der Waals surface area (Å²) in [6.45, 7) is 2.41. The molecule has 3 aromatic rings. The molecule has 1 saturated heterocycles. The number of carbonyl (C=O) groups excluding carboxylic acids is 1. The number of hydrogen-bond acceptors (Lipinski definition) is 8. The molecule has 0 aliphatic carbocycles. The molecular weight excluding hydrogens is 475 g/mol. The van der Waals surface area contributed by atoms with Crippen molar-refractivity contribution in [2.45, 2.75) is 24.2 Å². The second-order valence-electron chi connectivity index (χ2n) is 7.62. The number of esters is 1. The van der Waals surface area contributed by atoms with Gasteiger partial charge in [-0.3, -0.25) is 0 Å². The third-order valence-corrected chi connectivity index (χ3v) is 7.63. The van der Waals surface area contributed by atoms with E-state index in [-0.39, 0.29) is 40.8 Å². The molecule has 0 bridgehead atoms. The number of imidazole rings is 1. The van der Waals surface area contributed by atoms with Gasteiger partial charge in [-0.05, 0) is 24.5 Å². The molecule has 1 aliphatic rings. The average molecular weight is 495 g/mol. The Hall–Kier alpha value is -2.96. The van der Waals surface area contributed by atoms with Crippen LogP contribution in [0.3, 0.4) is 0 Å². The highest BCUT2D eigenvalue weighted by molar-refractivity contribution is 7.89. The summed E-state index contributed by atoms with van der Waals surface area (Å²) in [6.07, 6.45) is 3.79. The Morgan fingerprint density at radius 3 is 2.58 bits per heavy atom. The summed E-state index contributed by atoms with van der Waals surface area (Å²) in [7, 11) is -2.66. The number of rotatable bonds is 5. The number of aromatic amines is 1. The van der Waals surface area contributed by atoms with Gasteiger partial charge in [0, 0.05) is 19.0 Å². The van der Waals surface area contributed by atoms with Gasteiger partial charge < -0.3 is 9.72 Å². The topological polar surface area (TPSA) is 131 Å². The molecule has 0 amide bonds. The van der Waals surface area contributed by atoms with E-state index in [1.807, 2.05) is 6.92 Å². The Balaban J connectivity index is 1.51. The van der Waals surface area contributed by atoms with Crippen molar-refractivity contribution in [3.63, 3.8) is 0 Å². The van der Waals surface area contributed by atoms with Gasteiger partial charge in [-0.1, -0.05) is 18.5 Å². The van der Waals surface area contributed by atoms with Gasteiger partial charge in [0.2, 0.25) is 15.8 Å². The molecule has 1 aliphatic heterocycles. The fraction of sp³-hybridized carbons (Fsp3) is 0.350. The van der Waals surface area contributed by atoms with E-state index in [9.17, 15) is 17.6 Å². The van der Waals surface area contributed by atoms with E-state index < -0.39 is 21.8 Å². The molecule has 4 heterocycles. The number of piperidine rings is 1. The van der Waals surface area contributed by atoms with E-state index in [2.05, 4.69) is 29.7 Å². The molecule has 33 heavy (non-hydrogen) atoms. The average Bonchev–Trinajstić information content (AvgIpc) is 3.20. The fourth-order valence-corrected chi connectivity index (χ4v) is 5.52. The summed E-state index contributed by atoms with van der Waals surface area (Å²) < 4.78 is 45.2. The van der Waals surface area contributed by atoms with E-state index in [0.29, 0.717) is 23.6 Å². The van der Waals surface area contributed by atoms with Crippen LogP contribution in [0.25, 0.3) is 11.5 Å². The zero-order chi connectivity index (χ0) is 23.8. The quantitative estimate of drug-likeness (QED) is 0.535. The van der Waals surface area contributed by atoms with Crippen LogP contribution in [0, 0.1) is 11.7 Å². The van der Waals surface area contributed by atoms with Crippen molar-refractivity contribution < 1.29 is 22.3 Å². The number of halogens is 2. The molecule has 1 fully saturated rings. The van der Waals surface area contributed by atoms with Crippen LogP contribution < -0.4 is 0 Å². The summed E-state index contributed by atoms with van der Waals surface area (Å²) in [5, 5.41) is 0.274. The fourth-order valence-electron chi connectivity index (χ4n) is 3.80. The lowest BCUT2D eigenvalue weighted by Gasteiger charge is -2.35. The molecule has 0 radical (unpaired) electrons. The predicted octanol–water partition coefficient (Wildman–Crippen LogP) is 2.66. The van der Waals surface area contributed by atoms with Crippen LogP contribution in [0.15, 0.2) is 35.6 Å². The number of nitrogens with zero attached hydrogens (tertiary/aromatic N) is 5. The normalized spacial score (nSPS) is 19.4. The van der Waals surface area contributed by atoms with Crippen molar-refractivity contribution in [3.05, 3.63) is 53.2 Å². The molecule has 2 atom stereocenters. The number of pyridine rings is 1. The Bertz CT molecular complexity index is 1270. The molecule has 1 N–H and O–H groups in total. The maximum atomic E-state index is 13.2. The van der Waals surface area contributed by atoms with Crippen LogP contribution in [0.1, 0.15) is 35.6 Å². The first-order valence-electron chi connectivity index (χ1n) is 9.98. The molecule has 4 rings (SSSR count). The molecule has 0 aromatic carbocycles. The highest BCUT2D eigenvalue weighted by Crippen LogP contribution is 2.37. The SMILES string of the molecule is COC(=O)c1ncc(S(=O)(=O)N2CC[C@@H](c3[nH]c(-c4ccc(F)cn4)nc3Cl)[C@@H](C)C2)cn1. The van der Waals surface area contributed by atoms with Crippen molar-refractivity contribution in [2.75, 3.05) is 20.2 Å². The zero-order valence-electron chi connectivity index (χ0n) is 17.7. The largest absolute Gasteiger partial charge is 0.463 e. The highest BCUT2D eigenvalue weighted by Gasteiger charge is 2.36. The lowest BCUT2D eigenvalue weighted by molar-refractivity contribution is 0.0586. The third-order valence-electron chi connectivity index (χ3n) is 5.53. The second kappa shape index (κ2) is 9.12. The van der Waals surface area contributed by atoms with E-state index >= 15 is 0 Å². The lowest BCUT2D eigenvalue weighted by atomic mass is 9.86. The minimum atomic E-state index is -3.85. The van der Waals surface area contributed by atoms with Crippen molar-refractivity contribution in [2.24, 2.45) is 5.92 Å². The van der Waals surface area contributed by atoms with Gasteiger partial charge in [0.1, 0.15) is 16.4 Å². The molecule has 13 heteroatoms. The first-order chi connectivity index (χ1) is 15.7. The van der Waals surface area contributed by atoms with E-state index in [0.717, 1.165) is 18.6 Å². The van der Waals surface area contributed by atoms with Gasteiger partial charge in [0.05, 0.1) is 31.4 Å². The number of H-pyrrole nitrogens is 1. The Morgan fingerprint density at radius 1 is 1.24 bits per heavy atom. The molecular formula is C20H20ClFN6O4S. The lowest BCUT2D eigenvalue weighted by Crippen LogP contribution is -2.42. The minimum Gasteiger partial charge on any atom is -0.463 e. The van der Waals surface area contributed by atoms with Crippen molar-refractivity contribution in [1.29, 1.82) is 0 Å². The molecule has 0 unspecified atom stereocenters. The number of sulfonamides is 1. The van der Waals surface area contributed by atoms with Crippen LogP contribution in [0.4, 0.5) is 4.39 Å². The summed E-state index contributed by atoms with van der Waals surface area (Å²) >= 11 is 6.37. The molecule has 10 nitrogen and oxygen atoms in total. The van der Waals surface area contributed by atoms with E-state index in [1.165, 1.54) is 23.5 Å². The van der Waals surface area contributed by atoms with Gasteiger partial charge in [-0.25, -0.2) is 37.5 Å². The number of nitrogens with one attached hydrogen (secondary N) is 1. The van der Waals surface area contributed by atoms with E-state index in [4.69, 9.17) is 11.6 Å². The number of carbonyl (C=O) groups is 1. The smallest absolute Gasteiger partial charge is 0.376 e. The second-order valence-corrected chi connectivity index (χ2v) is 9.92. The predicted molar refractivity (Wildman–Crippen MR) is 115 cm³/mol. The molecule has 0 spiro atoms. The van der Waals surface area contributed by atoms with E-state index in [1.54, 1.807) is 0 Å². The van der Waals surface area contributed by atoms with Crippen LogP contribution in [0.2, 0.25) is 5.15 Å². The van der Waals surface area contributed by atoms with Crippen molar-refractivity contribution in [1.82, 2.24) is 29.2 Å². The standard InChI is InChI=1S/C20H20ClFN6O4S/c1-11-10-28(33(30,31)13-8-24-19(25-9-13)20(29)32-2)6-5-14(11)16-17(21)27-18(26-16)15-4-3-12(22)7-23-15/h3-4,7-9,11,14H,5-6,10H2,1-2H3,(H,26,27)/t11-,14+/m0/s1. The third kappa shape index (κ3) is 4.59. The van der Waals surface area contributed by atoms with Gasteiger partial charge >= 0.3 is 5.97 Å². The zero-order valence-corrected chi connectivity index (χ0v) is 19.3. The minimum absolute atomic E-state index is 0.0661. The summed E-state index contributed by atoms with van der Waals surface area (Å²) in [4.78, 5) is 30.4. The Kier molecular flexibility index (Phi) is 6.41. The molecule has 0 saturated carbocycles. The summed E-state index contributed by atoms with van der Waals surface area (Å²) in [6, 6.07) is 2.78. The maximum absolute atomic E-state index is 13.2. The van der Waals surface area contributed by atoms with Crippen LogP contribution in [-0.2, 0) is 14.8 Å². The number of aromatic nitrogens is 5. The first kappa shape index (κ1) is 23.2. The van der Waals surface area contributed by atoms with Gasteiger partial charge in [0.25, 0.3) is 0 Å². The number of methoxy groups -OCH3 is 1. The van der Waals surface area contributed by atoms with Gasteiger partial charge in [-0.2, -0.15) is 4.31 Å². The first-order valence-corrected chi connectivity index (χ1v) is 11.8. The maximum Gasteiger partial charge on any atom is 0.376 e. The van der Waals surface area contributed by atoms with Crippen LogP contribution in [0.5, 0.6) is 0 Å². The monoisotopic (exact) mass is 494 g/mol. The van der Waals surface area contributed by atoms with Crippen molar-refractivity contribution >= 4 is 27.6 Å². The van der Waals surface area contributed by atoms with Gasteiger partial charge in [-0.15, -0.1) is 0 Å². The number of hydrogen-bond donors (Lipinski definition) is 1. The molecule has 3 aromatic heterocycles.